The standard InChI is InChI=1S/C11H15B/c1-2-10-5-7-11(8-6-10)4-3-9-12/h2,5-8H,1,3-4,9,12H2. The third-order valence-corrected chi connectivity index (χ3v) is 2.03. The summed E-state index contributed by atoms with van der Waals surface area (Å²) >= 11 is 0. The second-order valence-corrected chi connectivity index (χ2v) is 3.05. The molecule has 62 valence electrons. The minimum atomic E-state index is 1.20. The van der Waals surface area contributed by atoms with Gasteiger partial charge in [-0.2, -0.15) is 0 Å². The minimum Gasteiger partial charge on any atom is -0.0985 e. The van der Waals surface area contributed by atoms with Crippen LogP contribution in [0.2, 0.25) is 6.32 Å². The van der Waals surface area contributed by atoms with Crippen LogP contribution in [0.15, 0.2) is 30.8 Å². The molecule has 1 aromatic rings. The molecule has 0 amide bonds. The molecular weight excluding hydrogens is 143 g/mol. The fraction of sp³-hybridized carbons (Fsp3) is 0.273. The molecule has 0 nitrogen and oxygen atoms in total. The molecule has 0 fully saturated rings. The molecule has 1 heteroatoms. The largest absolute Gasteiger partial charge is 0.101 e. The van der Waals surface area contributed by atoms with Crippen LogP contribution >= 0.6 is 0 Å². The first-order chi connectivity index (χ1) is 5.86. The van der Waals surface area contributed by atoms with Gasteiger partial charge in [0.15, 0.2) is 0 Å². The first-order valence-corrected chi connectivity index (χ1v) is 4.58. The smallest absolute Gasteiger partial charge is 0.0985 e. The Kier molecular flexibility index (Phi) is 3.66. The zero-order valence-corrected chi connectivity index (χ0v) is 7.72. The van der Waals surface area contributed by atoms with E-state index in [1.807, 2.05) is 6.08 Å². The van der Waals surface area contributed by atoms with Crippen LogP contribution in [0.5, 0.6) is 0 Å². The first-order valence-electron chi connectivity index (χ1n) is 4.58. The Morgan fingerprint density at radius 1 is 1.25 bits per heavy atom. The lowest BCUT2D eigenvalue weighted by Crippen LogP contribution is -1.84. The molecule has 0 saturated carbocycles. The third kappa shape index (κ3) is 2.57. The molecule has 0 radical (unpaired) electrons. The van der Waals surface area contributed by atoms with Crippen LogP contribution in [0.1, 0.15) is 17.5 Å². The van der Waals surface area contributed by atoms with Crippen molar-refractivity contribution in [1.82, 2.24) is 0 Å². The molecule has 1 aromatic carbocycles. The van der Waals surface area contributed by atoms with Gasteiger partial charge in [0.05, 0.1) is 0 Å². The van der Waals surface area contributed by atoms with Crippen molar-refractivity contribution in [1.29, 1.82) is 0 Å². The average Bonchev–Trinajstić information content (AvgIpc) is 2.15. The summed E-state index contributed by atoms with van der Waals surface area (Å²) < 4.78 is 0. The second kappa shape index (κ2) is 4.81. The number of aryl methyl sites for hydroxylation is 1. The van der Waals surface area contributed by atoms with Crippen LogP contribution in [0.25, 0.3) is 6.08 Å². The summed E-state index contributed by atoms with van der Waals surface area (Å²) in [5.74, 6) is 0. The van der Waals surface area contributed by atoms with E-state index in [2.05, 4.69) is 38.7 Å². The van der Waals surface area contributed by atoms with Crippen molar-refractivity contribution >= 4 is 13.9 Å². The molecule has 12 heavy (non-hydrogen) atoms. The first kappa shape index (κ1) is 9.12. The molecule has 0 N–H and O–H groups in total. The highest BCUT2D eigenvalue weighted by molar-refractivity contribution is 6.08. The van der Waals surface area contributed by atoms with Gasteiger partial charge in [-0.15, -0.1) is 0 Å². The van der Waals surface area contributed by atoms with E-state index in [-0.39, 0.29) is 0 Å². The molecule has 0 spiro atoms. The number of hydrogen-bond acceptors (Lipinski definition) is 0. The van der Waals surface area contributed by atoms with Crippen LogP contribution < -0.4 is 0 Å². The van der Waals surface area contributed by atoms with Gasteiger partial charge < -0.3 is 0 Å². The molecule has 0 aliphatic rings. The van der Waals surface area contributed by atoms with Crippen molar-refractivity contribution in [3.63, 3.8) is 0 Å². The molecule has 0 heterocycles. The van der Waals surface area contributed by atoms with Gasteiger partial charge in [-0.05, 0) is 17.5 Å². The fourth-order valence-electron chi connectivity index (χ4n) is 1.20. The van der Waals surface area contributed by atoms with E-state index in [1.54, 1.807) is 0 Å². The molecular formula is C11H15B. The molecule has 0 unspecified atom stereocenters. The zero-order chi connectivity index (χ0) is 8.81. The summed E-state index contributed by atoms with van der Waals surface area (Å²) in [5.41, 5.74) is 2.64. The number of benzene rings is 1. The molecule has 0 bridgehead atoms. The van der Waals surface area contributed by atoms with Crippen molar-refractivity contribution in [2.45, 2.75) is 19.2 Å². The van der Waals surface area contributed by atoms with Crippen LogP contribution in [0, 0.1) is 0 Å². The predicted octanol–water partition coefficient (Wildman–Crippen LogP) is 2.31. The van der Waals surface area contributed by atoms with Crippen LogP contribution in [-0.2, 0) is 6.42 Å². The van der Waals surface area contributed by atoms with Gasteiger partial charge in [0.1, 0.15) is 7.85 Å². The number of hydrogen-bond donors (Lipinski definition) is 0. The van der Waals surface area contributed by atoms with E-state index in [4.69, 9.17) is 0 Å². The second-order valence-electron chi connectivity index (χ2n) is 3.05. The van der Waals surface area contributed by atoms with Crippen molar-refractivity contribution in [3.05, 3.63) is 42.0 Å². The zero-order valence-electron chi connectivity index (χ0n) is 7.72. The SMILES string of the molecule is BCCCc1ccc(C=C)cc1. The Balaban J connectivity index is 2.58. The Hall–Kier alpha value is -0.975. The summed E-state index contributed by atoms with van der Waals surface area (Å²) in [6.45, 7) is 3.72. The molecule has 0 saturated heterocycles. The maximum Gasteiger partial charge on any atom is 0.101 e. The Labute approximate surface area is 75.7 Å². The van der Waals surface area contributed by atoms with Gasteiger partial charge in [0.2, 0.25) is 0 Å². The molecule has 0 aliphatic carbocycles. The van der Waals surface area contributed by atoms with Crippen molar-refractivity contribution < 1.29 is 0 Å². The molecule has 0 aromatic heterocycles. The van der Waals surface area contributed by atoms with E-state index in [0.29, 0.717) is 0 Å². The molecule has 1 rings (SSSR count). The quantitative estimate of drug-likeness (QED) is 0.590. The summed E-state index contributed by atoms with van der Waals surface area (Å²) in [5, 5.41) is 0. The molecule has 0 atom stereocenters. The van der Waals surface area contributed by atoms with Crippen LogP contribution in [-0.4, -0.2) is 7.85 Å². The van der Waals surface area contributed by atoms with Gasteiger partial charge in [0.25, 0.3) is 0 Å². The Morgan fingerprint density at radius 3 is 2.42 bits per heavy atom. The van der Waals surface area contributed by atoms with Crippen molar-refractivity contribution in [3.8, 4) is 0 Å². The minimum absolute atomic E-state index is 1.20. The van der Waals surface area contributed by atoms with E-state index < -0.39 is 0 Å². The summed E-state index contributed by atoms with van der Waals surface area (Å²) in [4.78, 5) is 0. The van der Waals surface area contributed by atoms with E-state index in [9.17, 15) is 0 Å². The predicted molar refractivity (Wildman–Crippen MR) is 58.2 cm³/mol. The molecule has 0 aliphatic heterocycles. The summed E-state index contributed by atoms with van der Waals surface area (Å²) in [6.07, 6.45) is 5.63. The third-order valence-electron chi connectivity index (χ3n) is 2.03. The lowest BCUT2D eigenvalue weighted by atomic mass is 9.97. The average molecular weight is 158 g/mol. The van der Waals surface area contributed by atoms with Gasteiger partial charge in [0, 0.05) is 0 Å². The Bertz CT molecular complexity index is 236. The van der Waals surface area contributed by atoms with E-state index in [0.717, 1.165) is 0 Å². The monoisotopic (exact) mass is 158 g/mol. The highest BCUT2D eigenvalue weighted by atomic mass is 14.0. The van der Waals surface area contributed by atoms with Crippen molar-refractivity contribution in [2.24, 2.45) is 0 Å². The highest BCUT2D eigenvalue weighted by Gasteiger charge is 1.91. The lowest BCUT2D eigenvalue weighted by Gasteiger charge is -1.99. The summed E-state index contributed by atoms with van der Waals surface area (Å²) in [6, 6.07) is 8.62. The lowest BCUT2D eigenvalue weighted by molar-refractivity contribution is 0.919. The van der Waals surface area contributed by atoms with E-state index >= 15 is 0 Å². The van der Waals surface area contributed by atoms with Crippen LogP contribution in [0.3, 0.4) is 0 Å². The van der Waals surface area contributed by atoms with Gasteiger partial charge >= 0.3 is 0 Å². The van der Waals surface area contributed by atoms with Gasteiger partial charge in [-0.1, -0.05) is 49.7 Å². The fourth-order valence-corrected chi connectivity index (χ4v) is 1.20. The Morgan fingerprint density at radius 2 is 1.92 bits per heavy atom. The van der Waals surface area contributed by atoms with Crippen LogP contribution in [0.4, 0.5) is 0 Å². The van der Waals surface area contributed by atoms with E-state index in [1.165, 1.54) is 30.3 Å². The topological polar surface area (TPSA) is 0 Å². The normalized spacial score (nSPS) is 9.67. The maximum atomic E-state index is 3.72. The van der Waals surface area contributed by atoms with Gasteiger partial charge in [-0.25, -0.2) is 0 Å². The number of rotatable bonds is 4. The summed E-state index contributed by atoms with van der Waals surface area (Å²) in [7, 11) is 2.22. The van der Waals surface area contributed by atoms with Gasteiger partial charge in [-0.3, -0.25) is 0 Å². The van der Waals surface area contributed by atoms with Crippen molar-refractivity contribution in [2.75, 3.05) is 0 Å². The highest BCUT2D eigenvalue weighted by Crippen LogP contribution is 2.07. The maximum absolute atomic E-state index is 3.72.